The van der Waals surface area contributed by atoms with Gasteiger partial charge >= 0.3 is 0 Å². The first-order chi connectivity index (χ1) is 9.93. The van der Waals surface area contributed by atoms with E-state index in [0.717, 1.165) is 30.7 Å². The Kier molecular flexibility index (Phi) is 6.69. The third kappa shape index (κ3) is 3.98. The van der Waals surface area contributed by atoms with Gasteiger partial charge in [-0.25, -0.2) is 0 Å². The Morgan fingerprint density at radius 3 is 2.29 bits per heavy atom. The standard InChI is InChI=1S/C18H31NO2/c1-8-10-19-17(18(5,9-2)21-7)15-11-14(4)16(20-6)12-13(15)3/h11-12,17,19H,8-10H2,1-7H3. The van der Waals surface area contributed by atoms with Crippen LogP contribution in [0.4, 0.5) is 0 Å². The Morgan fingerprint density at radius 2 is 1.81 bits per heavy atom. The average Bonchev–Trinajstić information content (AvgIpc) is 2.49. The molecule has 0 saturated carbocycles. The van der Waals surface area contributed by atoms with Crippen LogP contribution in [-0.2, 0) is 4.74 Å². The van der Waals surface area contributed by atoms with E-state index >= 15 is 0 Å². The molecule has 0 aliphatic rings. The summed E-state index contributed by atoms with van der Waals surface area (Å²) in [5, 5.41) is 3.67. The number of methoxy groups -OCH3 is 2. The fourth-order valence-corrected chi connectivity index (χ4v) is 2.75. The van der Waals surface area contributed by atoms with Crippen molar-refractivity contribution in [3.05, 3.63) is 28.8 Å². The van der Waals surface area contributed by atoms with Crippen molar-refractivity contribution in [2.45, 2.75) is 59.1 Å². The number of rotatable bonds is 8. The molecular weight excluding hydrogens is 262 g/mol. The van der Waals surface area contributed by atoms with Crippen LogP contribution >= 0.6 is 0 Å². The van der Waals surface area contributed by atoms with Crippen molar-refractivity contribution in [1.29, 1.82) is 0 Å². The molecule has 0 aliphatic carbocycles. The molecular formula is C18H31NO2. The van der Waals surface area contributed by atoms with Gasteiger partial charge in [0.15, 0.2) is 0 Å². The van der Waals surface area contributed by atoms with E-state index in [1.54, 1.807) is 14.2 Å². The first kappa shape index (κ1) is 18.0. The lowest BCUT2D eigenvalue weighted by atomic mass is 9.84. The molecule has 0 heterocycles. The van der Waals surface area contributed by atoms with Crippen molar-refractivity contribution in [3.8, 4) is 5.75 Å². The highest BCUT2D eigenvalue weighted by Crippen LogP contribution is 2.35. The second-order valence-corrected chi connectivity index (χ2v) is 5.94. The average molecular weight is 293 g/mol. The molecule has 0 bridgehead atoms. The highest BCUT2D eigenvalue weighted by Gasteiger charge is 2.34. The predicted molar refractivity (Wildman–Crippen MR) is 89.2 cm³/mol. The van der Waals surface area contributed by atoms with Gasteiger partial charge in [-0.3, -0.25) is 0 Å². The van der Waals surface area contributed by atoms with Crippen molar-refractivity contribution in [2.24, 2.45) is 0 Å². The monoisotopic (exact) mass is 293 g/mol. The summed E-state index contributed by atoms with van der Waals surface area (Å²) in [6, 6.07) is 4.53. The van der Waals surface area contributed by atoms with Crippen LogP contribution in [0.1, 0.15) is 56.3 Å². The van der Waals surface area contributed by atoms with Gasteiger partial charge in [0, 0.05) is 7.11 Å². The lowest BCUT2D eigenvalue weighted by Crippen LogP contribution is -2.43. The zero-order valence-corrected chi connectivity index (χ0v) is 14.7. The summed E-state index contributed by atoms with van der Waals surface area (Å²) in [6.07, 6.45) is 2.06. The normalized spacial score (nSPS) is 15.6. The maximum absolute atomic E-state index is 5.86. The fourth-order valence-electron chi connectivity index (χ4n) is 2.75. The molecule has 0 amide bonds. The number of hydrogen-bond acceptors (Lipinski definition) is 3. The first-order valence-corrected chi connectivity index (χ1v) is 7.87. The van der Waals surface area contributed by atoms with Crippen LogP contribution < -0.4 is 10.1 Å². The van der Waals surface area contributed by atoms with Crippen LogP contribution in [0.2, 0.25) is 0 Å². The highest BCUT2D eigenvalue weighted by atomic mass is 16.5. The molecule has 0 fully saturated rings. The van der Waals surface area contributed by atoms with Crippen LogP contribution in [0.5, 0.6) is 5.75 Å². The molecule has 0 aliphatic heterocycles. The second kappa shape index (κ2) is 7.81. The number of ether oxygens (including phenoxy) is 2. The molecule has 2 atom stereocenters. The van der Waals surface area contributed by atoms with Crippen LogP contribution in [0.3, 0.4) is 0 Å². The Hall–Kier alpha value is -1.06. The maximum Gasteiger partial charge on any atom is 0.122 e. The minimum absolute atomic E-state index is 0.178. The minimum Gasteiger partial charge on any atom is -0.496 e. The molecule has 1 aromatic carbocycles. The number of hydrogen-bond donors (Lipinski definition) is 1. The molecule has 2 unspecified atom stereocenters. The molecule has 3 heteroatoms. The van der Waals surface area contributed by atoms with E-state index in [0.29, 0.717) is 0 Å². The van der Waals surface area contributed by atoms with E-state index in [9.17, 15) is 0 Å². The van der Waals surface area contributed by atoms with Gasteiger partial charge < -0.3 is 14.8 Å². The first-order valence-electron chi connectivity index (χ1n) is 7.87. The van der Waals surface area contributed by atoms with Gasteiger partial charge in [-0.05, 0) is 62.9 Å². The maximum atomic E-state index is 5.86. The predicted octanol–water partition coefficient (Wildman–Crippen LogP) is 4.17. The van der Waals surface area contributed by atoms with E-state index in [-0.39, 0.29) is 11.6 Å². The lowest BCUT2D eigenvalue weighted by molar-refractivity contribution is -0.0301. The van der Waals surface area contributed by atoms with Crippen LogP contribution in [0.25, 0.3) is 0 Å². The Morgan fingerprint density at radius 1 is 1.14 bits per heavy atom. The van der Waals surface area contributed by atoms with Gasteiger partial charge in [0.25, 0.3) is 0 Å². The molecule has 1 rings (SSSR count). The van der Waals surface area contributed by atoms with Crippen molar-refractivity contribution in [3.63, 3.8) is 0 Å². The summed E-state index contributed by atoms with van der Waals surface area (Å²) in [7, 11) is 3.52. The zero-order chi connectivity index (χ0) is 16.0. The van der Waals surface area contributed by atoms with E-state index < -0.39 is 0 Å². The molecule has 21 heavy (non-hydrogen) atoms. The molecule has 1 aromatic rings. The Balaban J connectivity index is 3.29. The van der Waals surface area contributed by atoms with E-state index in [4.69, 9.17) is 9.47 Å². The van der Waals surface area contributed by atoms with Gasteiger partial charge in [0.2, 0.25) is 0 Å². The molecule has 1 N–H and O–H groups in total. The summed E-state index contributed by atoms with van der Waals surface area (Å²) < 4.78 is 11.3. The van der Waals surface area contributed by atoms with Crippen molar-refractivity contribution in [2.75, 3.05) is 20.8 Å². The quantitative estimate of drug-likeness (QED) is 0.780. The number of nitrogens with one attached hydrogen (secondary N) is 1. The summed E-state index contributed by atoms with van der Waals surface area (Å²) in [5.74, 6) is 0.945. The smallest absolute Gasteiger partial charge is 0.122 e. The molecule has 0 spiro atoms. The van der Waals surface area contributed by atoms with Crippen LogP contribution in [0, 0.1) is 13.8 Å². The Bertz CT molecular complexity index is 453. The van der Waals surface area contributed by atoms with Crippen LogP contribution in [0.15, 0.2) is 12.1 Å². The largest absolute Gasteiger partial charge is 0.496 e. The van der Waals surface area contributed by atoms with Crippen molar-refractivity contribution >= 4 is 0 Å². The zero-order valence-electron chi connectivity index (χ0n) is 14.7. The fraction of sp³-hybridized carbons (Fsp3) is 0.667. The van der Waals surface area contributed by atoms with E-state index in [1.165, 1.54) is 11.1 Å². The molecule has 0 radical (unpaired) electrons. The van der Waals surface area contributed by atoms with Gasteiger partial charge in [-0.1, -0.05) is 19.9 Å². The van der Waals surface area contributed by atoms with E-state index in [2.05, 4.69) is 52.1 Å². The van der Waals surface area contributed by atoms with Gasteiger partial charge in [0.05, 0.1) is 18.8 Å². The second-order valence-electron chi connectivity index (χ2n) is 5.94. The third-order valence-electron chi connectivity index (χ3n) is 4.47. The molecule has 0 saturated heterocycles. The molecule has 120 valence electrons. The van der Waals surface area contributed by atoms with Crippen LogP contribution in [-0.4, -0.2) is 26.4 Å². The number of benzene rings is 1. The Labute approximate surface area is 130 Å². The van der Waals surface area contributed by atoms with Crippen molar-refractivity contribution in [1.82, 2.24) is 5.32 Å². The molecule has 3 nitrogen and oxygen atoms in total. The van der Waals surface area contributed by atoms with Gasteiger partial charge in [-0.15, -0.1) is 0 Å². The topological polar surface area (TPSA) is 30.5 Å². The summed E-state index contributed by atoms with van der Waals surface area (Å²) in [6.45, 7) is 11.8. The highest BCUT2D eigenvalue weighted by molar-refractivity contribution is 5.43. The van der Waals surface area contributed by atoms with Gasteiger partial charge in [-0.2, -0.15) is 0 Å². The SMILES string of the molecule is CCCNC(c1cc(C)c(OC)cc1C)C(C)(CC)OC. The lowest BCUT2D eigenvalue weighted by Gasteiger charge is -2.38. The van der Waals surface area contributed by atoms with E-state index in [1.807, 2.05) is 0 Å². The summed E-state index contributed by atoms with van der Waals surface area (Å²) in [4.78, 5) is 0. The van der Waals surface area contributed by atoms with Gasteiger partial charge in [0.1, 0.15) is 5.75 Å². The molecule has 0 aromatic heterocycles. The summed E-state index contributed by atoms with van der Waals surface area (Å²) >= 11 is 0. The third-order valence-corrected chi connectivity index (χ3v) is 4.47. The van der Waals surface area contributed by atoms with Crippen molar-refractivity contribution < 1.29 is 9.47 Å². The minimum atomic E-state index is -0.221. The number of aryl methyl sites for hydroxylation is 2. The summed E-state index contributed by atoms with van der Waals surface area (Å²) in [5.41, 5.74) is 3.48.